The van der Waals surface area contributed by atoms with E-state index in [0.29, 0.717) is 23.8 Å². The van der Waals surface area contributed by atoms with Gasteiger partial charge < -0.3 is 10.1 Å². The Bertz CT molecular complexity index is 894. The third-order valence-electron chi connectivity index (χ3n) is 4.43. The average Bonchev–Trinajstić information content (AvgIpc) is 3.14. The van der Waals surface area contributed by atoms with Gasteiger partial charge in [-0.2, -0.15) is 0 Å². The van der Waals surface area contributed by atoms with E-state index in [2.05, 4.69) is 48.2 Å². The third kappa shape index (κ3) is 6.31. The molecule has 2 amide bonds. The predicted molar refractivity (Wildman–Crippen MR) is 122 cm³/mol. The number of nitrogens with one attached hydrogen (secondary N) is 2. The van der Waals surface area contributed by atoms with Crippen molar-refractivity contribution >= 4 is 51.5 Å². The molecule has 0 aliphatic heterocycles. The van der Waals surface area contributed by atoms with Gasteiger partial charge in [-0.05, 0) is 33.8 Å². The lowest BCUT2D eigenvalue weighted by Crippen LogP contribution is -2.42. The molecule has 164 valence electrons. The van der Waals surface area contributed by atoms with Gasteiger partial charge >= 0.3 is 0 Å². The van der Waals surface area contributed by atoms with Crippen LogP contribution in [0.1, 0.15) is 48.5 Å². The normalized spacial score (nSPS) is 11.3. The van der Waals surface area contributed by atoms with Crippen molar-refractivity contribution in [3.05, 3.63) is 38.8 Å². The summed E-state index contributed by atoms with van der Waals surface area (Å²) < 4.78 is 5.19. The number of carbonyl (C=O) groups excluding carboxylic acids is 2. The van der Waals surface area contributed by atoms with E-state index in [4.69, 9.17) is 27.9 Å². The number of benzene rings is 1. The summed E-state index contributed by atoms with van der Waals surface area (Å²) >= 11 is 13.1. The van der Waals surface area contributed by atoms with Crippen molar-refractivity contribution in [2.75, 3.05) is 25.5 Å². The molecule has 7 nitrogen and oxygen atoms in total. The van der Waals surface area contributed by atoms with E-state index in [0.717, 1.165) is 17.9 Å². The number of nitrogens with zero attached hydrogens (tertiary/aromatic N) is 2. The molecule has 30 heavy (non-hydrogen) atoms. The van der Waals surface area contributed by atoms with Gasteiger partial charge in [0.2, 0.25) is 0 Å². The van der Waals surface area contributed by atoms with Gasteiger partial charge in [0.15, 0.2) is 5.13 Å². The summed E-state index contributed by atoms with van der Waals surface area (Å²) in [6.07, 6.45) is 0. The van der Waals surface area contributed by atoms with Crippen molar-refractivity contribution in [2.45, 2.75) is 39.8 Å². The summed E-state index contributed by atoms with van der Waals surface area (Å²) in [6.45, 7) is 9.75. The van der Waals surface area contributed by atoms with E-state index in [9.17, 15) is 9.59 Å². The summed E-state index contributed by atoms with van der Waals surface area (Å²) in [4.78, 5) is 31.4. The van der Waals surface area contributed by atoms with Crippen LogP contribution in [0.5, 0.6) is 5.75 Å². The van der Waals surface area contributed by atoms with Crippen LogP contribution in [0.2, 0.25) is 10.0 Å². The predicted octanol–water partition coefficient (Wildman–Crippen LogP) is 4.56. The van der Waals surface area contributed by atoms with Crippen molar-refractivity contribution in [2.24, 2.45) is 0 Å². The summed E-state index contributed by atoms with van der Waals surface area (Å²) in [5.41, 5.74) is 0.465. The van der Waals surface area contributed by atoms with E-state index < -0.39 is 5.91 Å². The molecule has 0 spiro atoms. The molecule has 0 saturated carbocycles. The van der Waals surface area contributed by atoms with Gasteiger partial charge in [-0.3, -0.25) is 19.8 Å². The van der Waals surface area contributed by atoms with Crippen LogP contribution in [0, 0.1) is 0 Å². The molecule has 1 aromatic heterocycles. The largest absolute Gasteiger partial charge is 0.496 e. The molecule has 0 atom stereocenters. The first-order chi connectivity index (χ1) is 14.1. The van der Waals surface area contributed by atoms with Gasteiger partial charge in [0.05, 0.1) is 22.7 Å². The first-order valence-electron chi connectivity index (χ1n) is 9.47. The van der Waals surface area contributed by atoms with E-state index in [1.807, 2.05) is 0 Å². The second kappa shape index (κ2) is 10.9. The fourth-order valence-corrected chi connectivity index (χ4v) is 3.98. The zero-order valence-electron chi connectivity index (χ0n) is 17.6. The highest BCUT2D eigenvalue weighted by molar-refractivity contribution is 7.14. The number of rotatable bonds is 9. The Kier molecular flexibility index (Phi) is 8.91. The molecule has 1 aromatic carbocycles. The van der Waals surface area contributed by atoms with Gasteiger partial charge in [-0.1, -0.05) is 23.2 Å². The van der Waals surface area contributed by atoms with E-state index in [1.54, 1.807) is 5.38 Å². The Morgan fingerprint density at radius 1 is 1.13 bits per heavy atom. The van der Waals surface area contributed by atoms with Crippen LogP contribution in [0.3, 0.4) is 0 Å². The minimum Gasteiger partial charge on any atom is -0.496 e. The lowest BCUT2D eigenvalue weighted by Gasteiger charge is -2.30. The van der Waals surface area contributed by atoms with Crippen LogP contribution in [0.25, 0.3) is 0 Å². The van der Waals surface area contributed by atoms with Gasteiger partial charge in [-0.25, -0.2) is 4.98 Å². The average molecular weight is 473 g/mol. The van der Waals surface area contributed by atoms with Gasteiger partial charge in [0, 0.05) is 36.6 Å². The molecule has 0 aliphatic rings. The van der Waals surface area contributed by atoms with Gasteiger partial charge in [0.25, 0.3) is 11.8 Å². The Hall–Kier alpha value is -1.87. The standard InChI is InChI=1S/C20H26Cl2N4O3S/c1-11(2)26(12(3)4)7-6-23-19(28)16-10-30-20(24-16)25-18(27)13-8-14(21)15(22)9-17(13)29-5/h8-12H,6-7H2,1-5H3,(H,23,28)(H,24,25,27). The molecule has 0 aliphatic carbocycles. The van der Waals surface area contributed by atoms with Crippen molar-refractivity contribution < 1.29 is 14.3 Å². The number of hydrogen-bond donors (Lipinski definition) is 2. The van der Waals surface area contributed by atoms with Crippen LogP contribution in [-0.2, 0) is 0 Å². The summed E-state index contributed by atoms with van der Waals surface area (Å²) in [5, 5.41) is 7.94. The first kappa shape index (κ1) is 24.4. The summed E-state index contributed by atoms with van der Waals surface area (Å²) in [6, 6.07) is 3.67. The van der Waals surface area contributed by atoms with Gasteiger partial charge in [-0.15, -0.1) is 11.3 Å². The van der Waals surface area contributed by atoms with E-state index in [1.165, 1.54) is 19.2 Å². The number of hydrogen-bond acceptors (Lipinski definition) is 6. The topological polar surface area (TPSA) is 83.6 Å². The van der Waals surface area contributed by atoms with Crippen LogP contribution >= 0.6 is 34.5 Å². The molecule has 0 fully saturated rings. The lowest BCUT2D eigenvalue weighted by molar-refractivity contribution is 0.0934. The number of aromatic nitrogens is 1. The number of carbonyl (C=O) groups is 2. The Morgan fingerprint density at radius 2 is 1.77 bits per heavy atom. The van der Waals surface area contributed by atoms with Crippen molar-refractivity contribution in [1.29, 1.82) is 0 Å². The third-order valence-corrected chi connectivity index (χ3v) is 5.91. The second-order valence-corrected chi connectivity index (χ2v) is 8.81. The van der Waals surface area contributed by atoms with Crippen LogP contribution in [0.15, 0.2) is 17.5 Å². The van der Waals surface area contributed by atoms with Crippen molar-refractivity contribution in [3.63, 3.8) is 0 Å². The molecule has 2 rings (SSSR count). The van der Waals surface area contributed by atoms with Crippen molar-refractivity contribution in [3.8, 4) is 5.75 Å². The molecule has 10 heteroatoms. The number of ether oxygens (including phenoxy) is 1. The molecule has 0 saturated heterocycles. The second-order valence-electron chi connectivity index (χ2n) is 7.14. The molecule has 1 heterocycles. The SMILES string of the molecule is COc1cc(Cl)c(Cl)cc1C(=O)Nc1nc(C(=O)NCCN(C(C)C)C(C)C)cs1. The summed E-state index contributed by atoms with van der Waals surface area (Å²) in [7, 11) is 1.43. The number of methoxy groups -OCH3 is 1. The van der Waals surface area contributed by atoms with Crippen LogP contribution in [0.4, 0.5) is 5.13 Å². The molecule has 0 bridgehead atoms. The first-order valence-corrected chi connectivity index (χ1v) is 11.1. The Labute approximate surface area is 190 Å². The molecular weight excluding hydrogens is 447 g/mol. The maximum absolute atomic E-state index is 12.6. The zero-order valence-corrected chi connectivity index (χ0v) is 19.9. The minimum absolute atomic E-state index is 0.218. The van der Waals surface area contributed by atoms with E-state index >= 15 is 0 Å². The lowest BCUT2D eigenvalue weighted by atomic mass is 10.2. The fraction of sp³-hybridized carbons (Fsp3) is 0.450. The Morgan fingerprint density at radius 3 is 2.37 bits per heavy atom. The molecular formula is C20H26Cl2N4O3S. The zero-order chi connectivity index (χ0) is 22.4. The monoisotopic (exact) mass is 472 g/mol. The maximum Gasteiger partial charge on any atom is 0.270 e. The highest BCUT2D eigenvalue weighted by Gasteiger charge is 2.18. The summed E-state index contributed by atoms with van der Waals surface area (Å²) in [5.74, 6) is -0.459. The maximum atomic E-state index is 12.6. The van der Waals surface area contributed by atoms with Gasteiger partial charge in [0.1, 0.15) is 11.4 Å². The number of amides is 2. The number of anilines is 1. The molecule has 0 unspecified atom stereocenters. The smallest absolute Gasteiger partial charge is 0.270 e. The minimum atomic E-state index is -0.462. The quantitative estimate of drug-likeness (QED) is 0.558. The van der Waals surface area contributed by atoms with E-state index in [-0.39, 0.29) is 33.0 Å². The highest BCUT2D eigenvalue weighted by Crippen LogP contribution is 2.31. The Balaban J connectivity index is 1.99. The molecule has 2 aromatic rings. The molecule has 0 radical (unpaired) electrons. The van der Waals surface area contributed by atoms with Crippen LogP contribution in [-0.4, -0.2) is 54.0 Å². The van der Waals surface area contributed by atoms with Crippen LogP contribution < -0.4 is 15.4 Å². The fourth-order valence-electron chi connectivity index (χ4n) is 2.98. The number of halogens is 2. The highest BCUT2D eigenvalue weighted by atomic mass is 35.5. The van der Waals surface area contributed by atoms with Crippen molar-refractivity contribution in [1.82, 2.24) is 15.2 Å². The number of thiazole rings is 1. The molecule has 2 N–H and O–H groups in total.